The summed E-state index contributed by atoms with van der Waals surface area (Å²) in [5.41, 5.74) is 1.23. The molecule has 0 radical (unpaired) electrons. The zero-order valence-corrected chi connectivity index (χ0v) is 22.7. The van der Waals surface area contributed by atoms with Crippen LogP contribution in [-0.4, -0.2) is 63.1 Å². The number of anilines is 1. The number of aliphatic hydroxyl groups excluding tert-OH is 1. The summed E-state index contributed by atoms with van der Waals surface area (Å²) in [7, 11) is -7.75. The zero-order chi connectivity index (χ0) is 27.9. The summed E-state index contributed by atoms with van der Waals surface area (Å²) >= 11 is 0. The van der Waals surface area contributed by atoms with E-state index in [1.54, 1.807) is 24.0 Å². The number of aliphatic hydroxyl groups is 1. The van der Waals surface area contributed by atoms with Gasteiger partial charge in [-0.25, -0.2) is 12.8 Å². The standard InChI is InChI=1S/C26H26FN3O7S2/c1-13-9-14(3-5-16(13)27)11-30-23-19-8-7-18(37-19)21(23)24(31)22(26(30)32)25-28-17-6-4-15(12-38(2,33)34)10-20(17)39(35,36)29-25/h3-6,9-10,18-19,21,23,31H,7-8,11-12H2,1-2H3,(H,28,29). The van der Waals surface area contributed by atoms with Crippen molar-refractivity contribution in [2.24, 2.45) is 10.3 Å². The van der Waals surface area contributed by atoms with Crippen molar-refractivity contribution in [3.63, 3.8) is 0 Å². The molecule has 4 aliphatic heterocycles. The number of rotatable bonds is 5. The van der Waals surface area contributed by atoms with Gasteiger partial charge in [0.05, 0.1) is 35.6 Å². The fraction of sp³-hybridized carbons (Fsp3) is 0.385. The Kier molecular flexibility index (Phi) is 5.90. The predicted octanol–water partition coefficient (Wildman–Crippen LogP) is 2.59. The Hall–Kier alpha value is -3.29. The Labute approximate surface area is 225 Å². The Morgan fingerprint density at radius 2 is 1.87 bits per heavy atom. The maximum Gasteiger partial charge on any atom is 0.286 e. The molecular formula is C26H26FN3O7S2. The molecule has 2 fully saturated rings. The minimum Gasteiger partial charge on any atom is -0.511 e. The maximum absolute atomic E-state index is 13.9. The van der Waals surface area contributed by atoms with Gasteiger partial charge < -0.3 is 20.1 Å². The molecule has 13 heteroatoms. The van der Waals surface area contributed by atoms with Crippen LogP contribution in [0.5, 0.6) is 0 Å². The van der Waals surface area contributed by atoms with E-state index in [9.17, 15) is 31.1 Å². The molecule has 0 spiro atoms. The Bertz CT molecular complexity index is 1700. The van der Waals surface area contributed by atoms with E-state index in [0.29, 0.717) is 17.5 Å². The molecule has 6 rings (SSSR count). The van der Waals surface area contributed by atoms with Crippen LogP contribution >= 0.6 is 0 Å². The maximum atomic E-state index is 13.9. The number of sulfone groups is 1. The predicted molar refractivity (Wildman–Crippen MR) is 140 cm³/mol. The summed E-state index contributed by atoms with van der Waals surface area (Å²) in [6.45, 7) is 1.73. The number of hydrogen-bond acceptors (Lipinski definition) is 8. The Balaban J connectivity index is 1.41. The van der Waals surface area contributed by atoms with Crippen LogP contribution < -0.4 is 5.32 Å². The fourth-order valence-electron chi connectivity index (χ4n) is 6.05. The third-order valence-corrected chi connectivity index (χ3v) is 9.84. The number of halogens is 1. The average molecular weight is 576 g/mol. The highest BCUT2D eigenvalue weighted by atomic mass is 32.2. The number of benzene rings is 2. The van der Waals surface area contributed by atoms with E-state index in [1.165, 1.54) is 24.3 Å². The normalized spacial score (nSPS) is 27.2. The zero-order valence-electron chi connectivity index (χ0n) is 21.1. The summed E-state index contributed by atoms with van der Waals surface area (Å²) < 4.78 is 73.6. The van der Waals surface area contributed by atoms with Crippen LogP contribution in [0.1, 0.15) is 29.5 Å². The first-order chi connectivity index (χ1) is 18.3. The van der Waals surface area contributed by atoms with Gasteiger partial charge in [0.1, 0.15) is 22.0 Å². The van der Waals surface area contributed by atoms with E-state index in [2.05, 4.69) is 9.71 Å². The number of amidine groups is 1. The quantitative estimate of drug-likeness (QED) is 0.554. The summed E-state index contributed by atoms with van der Waals surface area (Å²) in [6, 6.07) is 8.23. The summed E-state index contributed by atoms with van der Waals surface area (Å²) in [5.74, 6) is -2.49. The van der Waals surface area contributed by atoms with E-state index in [4.69, 9.17) is 4.74 Å². The van der Waals surface area contributed by atoms with Crippen LogP contribution in [0.15, 0.2) is 57.0 Å². The molecule has 0 saturated carbocycles. The van der Waals surface area contributed by atoms with Crippen molar-refractivity contribution < 1.29 is 35.9 Å². The summed E-state index contributed by atoms with van der Waals surface area (Å²) in [4.78, 5) is 15.3. The van der Waals surface area contributed by atoms with Gasteiger partial charge in [0, 0.05) is 12.8 Å². The molecule has 2 bridgehead atoms. The van der Waals surface area contributed by atoms with Crippen LogP contribution in [-0.2, 0) is 41.7 Å². The molecule has 4 aliphatic rings. The molecular weight excluding hydrogens is 549 g/mol. The smallest absolute Gasteiger partial charge is 0.286 e. The van der Waals surface area contributed by atoms with Gasteiger partial charge in [0.15, 0.2) is 15.7 Å². The first-order valence-electron chi connectivity index (χ1n) is 12.4. The van der Waals surface area contributed by atoms with Crippen molar-refractivity contribution in [3.05, 3.63) is 70.2 Å². The topological polar surface area (TPSA) is 142 Å². The highest BCUT2D eigenvalue weighted by Gasteiger charge is 2.58. The van der Waals surface area contributed by atoms with Crippen molar-refractivity contribution in [3.8, 4) is 0 Å². The molecule has 39 heavy (non-hydrogen) atoms. The van der Waals surface area contributed by atoms with Gasteiger partial charge in [-0.3, -0.25) is 4.79 Å². The van der Waals surface area contributed by atoms with Gasteiger partial charge in [0.25, 0.3) is 15.9 Å². The van der Waals surface area contributed by atoms with Crippen molar-refractivity contribution in [2.75, 3.05) is 11.6 Å². The minimum absolute atomic E-state index is 0.107. The van der Waals surface area contributed by atoms with E-state index in [-0.39, 0.29) is 63.6 Å². The van der Waals surface area contributed by atoms with Gasteiger partial charge >= 0.3 is 0 Å². The van der Waals surface area contributed by atoms with Crippen LogP contribution in [0.25, 0.3) is 0 Å². The van der Waals surface area contributed by atoms with Crippen molar-refractivity contribution in [1.82, 2.24) is 4.90 Å². The van der Waals surface area contributed by atoms with Crippen LogP contribution in [0.3, 0.4) is 0 Å². The number of carbonyl (C=O) groups is 1. The van der Waals surface area contributed by atoms with E-state index >= 15 is 0 Å². The molecule has 4 unspecified atom stereocenters. The van der Waals surface area contributed by atoms with Crippen LogP contribution in [0, 0.1) is 18.7 Å². The van der Waals surface area contributed by atoms with Crippen molar-refractivity contribution >= 4 is 37.3 Å². The van der Waals surface area contributed by atoms with E-state index in [1.807, 2.05) is 0 Å². The third kappa shape index (κ3) is 4.42. The number of carbonyl (C=O) groups excluding carboxylic acids is 1. The monoisotopic (exact) mass is 575 g/mol. The lowest BCUT2D eigenvalue weighted by atomic mass is 9.77. The van der Waals surface area contributed by atoms with Crippen molar-refractivity contribution in [2.45, 2.75) is 55.2 Å². The summed E-state index contributed by atoms with van der Waals surface area (Å²) in [6.07, 6.45) is 1.83. The first kappa shape index (κ1) is 26.0. The van der Waals surface area contributed by atoms with Crippen molar-refractivity contribution in [1.29, 1.82) is 0 Å². The Morgan fingerprint density at radius 1 is 1.15 bits per heavy atom. The number of ether oxygens (including phenoxy) is 1. The molecule has 4 heterocycles. The third-order valence-electron chi connectivity index (χ3n) is 7.67. The molecule has 2 aromatic carbocycles. The van der Waals surface area contributed by atoms with Gasteiger partial charge in [-0.2, -0.15) is 8.42 Å². The molecule has 2 saturated heterocycles. The minimum atomic E-state index is -4.34. The fourth-order valence-corrected chi connectivity index (χ4v) is 8.01. The molecule has 0 aromatic heterocycles. The molecule has 0 aliphatic carbocycles. The van der Waals surface area contributed by atoms with E-state index in [0.717, 1.165) is 12.7 Å². The number of fused-ring (bicyclic) bond motifs is 6. The summed E-state index contributed by atoms with van der Waals surface area (Å²) in [5, 5.41) is 14.2. The number of nitrogens with one attached hydrogen (secondary N) is 1. The lowest BCUT2D eigenvalue weighted by Crippen LogP contribution is -2.55. The second kappa shape index (κ2) is 8.86. The van der Waals surface area contributed by atoms with Gasteiger partial charge in [-0.1, -0.05) is 18.2 Å². The lowest BCUT2D eigenvalue weighted by molar-refractivity contribution is -0.133. The average Bonchev–Trinajstić information content (AvgIpc) is 3.46. The molecule has 206 valence electrons. The molecule has 2 N–H and O–H groups in total. The second-order valence-electron chi connectivity index (χ2n) is 10.5. The molecule has 4 atom stereocenters. The largest absolute Gasteiger partial charge is 0.511 e. The molecule has 10 nitrogen and oxygen atoms in total. The highest BCUT2D eigenvalue weighted by Crippen LogP contribution is 2.48. The van der Waals surface area contributed by atoms with Gasteiger partial charge in [0.2, 0.25) is 0 Å². The molecule has 1 amide bonds. The second-order valence-corrected chi connectivity index (χ2v) is 14.2. The number of amides is 1. The number of sulfonamides is 1. The number of nitrogens with zero attached hydrogens (tertiary/aromatic N) is 2. The van der Waals surface area contributed by atoms with Gasteiger partial charge in [-0.05, 0) is 54.7 Å². The molecule has 2 aromatic rings. The van der Waals surface area contributed by atoms with E-state index < -0.39 is 37.7 Å². The van der Waals surface area contributed by atoms with Crippen LogP contribution in [0.2, 0.25) is 0 Å². The first-order valence-corrected chi connectivity index (χ1v) is 15.9. The Morgan fingerprint density at radius 3 is 2.59 bits per heavy atom. The van der Waals surface area contributed by atoms with Crippen LogP contribution in [0.4, 0.5) is 10.1 Å². The number of hydrogen-bond donors (Lipinski definition) is 2. The number of aryl methyl sites for hydroxylation is 1. The lowest BCUT2D eigenvalue weighted by Gasteiger charge is -2.42. The van der Waals surface area contributed by atoms with Gasteiger partial charge in [-0.15, -0.1) is 4.40 Å². The SMILES string of the molecule is Cc1cc(CN2C(=O)C(C3=NS(=O)(=O)c4cc(CS(C)(=O)=O)ccc4N3)=C(O)C3C4CCC(O4)C32)ccc1F. The highest BCUT2D eigenvalue weighted by molar-refractivity contribution is 7.90.